The first-order valence-corrected chi connectivity index (χ1v) is 7.16. The van der Waals surface area contributed by atoms with Crippen LogP contribution >= 0.6 is 23.8 Å². The van der Waals surface area contributed by atoms with Gasteiger partial charge in [0.2, 0.25) is 0 Å². The molecule has 0 radical (unpaired) electrons. The van der Waals surface area contributed by atoms with Crippen LogP contribution in [0.2, 0.25) is 5.02 Å². The Bertz CT molecular complexity index is 747. The zero-order valence-electron chi connectivity index (χ0n) is 11.8. The van der Waals surface area contributed by atoms with Crippen molar-refractivity contribution in [3.05, 3.63) is 58.4 Å². The molecule has 2 aromatic carbocycles. The molecule has 0 fully saturated rings. The monoisotopic (exact) mass is 362 g/mol. The Morgan fingerprint density at radius 3 is 2.35 bits per heavy atom. The number of hydrogen-bond acceptors (Lipinski definition) is 1. The van der Waals surface area contributed by atoms with Crippen molar-refractivity contribution in [2.45, 2.75) is 13.1 Å². The molecule has 0 aliphatic carbocycles. The van der Waals surface area contributed by atoms with Crippen molar-refractivity contribution in [2.75, 3.05) is 10.6 Å². The minimum Gasteiger partial charge on any atom is -0.332 e. The Labute approximate surface area is 140 Å². The Balaban J connectivity index is 2.18. The second-order valence-corrected chi connectivity index (χ2v) is 5.55. The zero-order valence-corrected chi connectivity index (χ0v) is 13.3. The molecule has 2 nitrogen and oxygen atoms in total. The summed E-state index contributed by atoms with van der Waals surface area (Å²) in [5.41, 5.74) is 0.290. The fraction of sp³-hybridized carbons (Fsp3) is 0.133. The molecule has 0 spiro atoms. The van der Waals surface area contributed by atoms with Gasteiger partial charge in [0, 0.05) is 5.69 Å². The van der Waals surface area contributed by atoms with Crippen LogP contribution in [-0.4, -0.2) is 5.11 Å². The second kappa shape index (κ2) is 6.72. The third-order valence-corrected chi connectivity index (χ3v) is 3.52. The van der Waals surface area contributed by atoms with Crippen LogP contribution in [0.4, 0.5) is 28.9 Å². The lowest BCUT2D eigenvalue weighted by atomic mass is 10.2. The summed E-state index contributed by atoms with van der Waals surface area (Å²) in [6.45, 7) is 1.74. The van der Waals surface area contributed by atoms with Gasteiger partial charge in [0.25, 0.3) is 0 Å². The van der Waals surface area contributed by atoms with Gasteiger partial charge in [-0.2, -0.15) is 13.2 Å². The van der Waals surface area contributed by atoms with Gasteiger partial charge >= 0.3 is 6.18 Å². The summed E-state index contributed by atoms with van der Waals surface area (Å²) in [6, 6.07) is 6.94. The van der Waals surface area contributed by atoms with Crippen LogP contribution in [0.1, 0.15) is 11.1 Å². The zero-order chi connectivity index (χ0) is 17.2. The Kier molecular flexibility index (Phi) is 5.11. The Morgan fingerprint density at radius 2 is 1.70 bits per heavy atom. The van der Waals surface area contributed by atoms with E-state index >= 15 is 0 Å². The summed E-state index contributed by atoms with van der Waals surface area (Å²) in [5.74, 6) is -0.460. The lowest BCUT2D eigenvalue weighted by Crippen LogP contribution is -2.20. The maximum atomic E-state index is 13.2. The average Bonchev–Trinajstić information content (AvgIpc) is 2.44. The van der Waals surface area contributed by atoms with Gasteiger partial charge in [-0.05, 0) is 55.0 Å². The molecule has 0 amide bonds. The van der Waals surface area contributed by atoms with Gasteiger partial charge in [-0.3, -0.25) is 0 Å². The van der Waals surface area contributed by atoms with E-state index in [0.29, 0.717) is 5.69 Å². The molecule has 2 aromatic rings. The van der Waals surface area contributed by atoms with Crippen molar-refractivity contribution in [3.8, 4) is 0 Å². The fourth-order valence-electron chi connectivity index (χ4n) is 1.80. The molecule has 0 heterocycles. The first-order valence-electron chi connectivity index (χ1n) is 6.38. The van der Waals surface area contributed by atoms with Crippen LogP contribution in [-0.2, 0) is 6.18 Å². The van der Waals surface area contributed by atoms with Crippen molar-refractivity contribution < 1.29 is 17.6 Å². The summed E-state index contributed by atoms with van der Waals surface area (Å²) >= 11 is 10.9. The summed E-state index contributed by atoms with van der Waals surface area (Å²) in [5, 5.41) is 5.39. The topological polar surface area (TPSA) is 24.1 Å². The number of anilines is 2. The quantitative estimate of drug-likeness (QED) is 0.536. The Hall–Kier alpha value is -1.86. The molecule has 2 N–H and O–H groups in total. The molecule has 0 saturated carbocycles. The number of halogens is 5. The van der Waals surface area contributed by atoms with Gasteiger partial charge in [0.15, 0.2) is 5.11 Å². The summed E-state index contributed by atoms with van der Waals surface area (Å²) in [6.07, 6.45) is -4.49. The van der Waals surface area contributed by atoms with Gasteiger partial charge in [0.05, 0.1) is 16.3 Å². The molecule has 0 unspecified atom stereocenters. The Morgan fingerprint density at radius 1 is 1.04 bits per heavy atom. The molecule has 0 atom stereocenters. The molecular weight excluding hydrogens is 352 g/mol. The fourth-order valence-corrected chi connectivity index (χ4v) is 2.19. The number of rotatable bonds is 2. The van der Waals surface area contributed by atoms with E-state index < -0.39 is 17.6 Å². The molecule has 23 heavy (non-hydrogen) atoms. The first kappa shape index (κ1) is 17.5. The van der Waals surface area contributed by atoms with E-state index in [2.05, 4.69) is 10.6 Å². The van der Waals surface area contributed by atoms with Crippen LogP contribution in [0, 0.1) is 12.7 Å². The van der Waals surface area contributed by atoms with Crippen LogP contribution in [0.5, 0.6) is 0 Å². The molecular formula is C15H11ClF4N2S. The normalized spacial score (nSPS) is 11.2. The highest BCUT2D eigenvalue weighted by Crippen LogP contribution is 2.33. The lowest BCUT2D eigenvalue weighted by molar-refractivity contribution is -0.137. The van der Waals surface area contributed by atoms with Crippen LogP contribution in [0.3, 0.4) is 0 Å². The number of hydrogen-bond donors (Lipinski definition) is 2. The van der Waals surface area contributed by atoms with Gasteiger partial charge in [-0.25, -0.2) is 4.39 Å². The highest BCUT2D eigenvalue weighted by atomic mass is 35.5. The van der Waals surface area contributed by atoms with E-state index in [0.717, 1.165) is 23.8 Å². The second-order valence-electron chi connectivity index (χ2n) is 4.73. The average molecular weight is 363 g/mol. The minimum absolute atomic E-state index is 0.0000699. The largest absolute Gasteiger partial charge is 0.416 e. The maximum Gasteiger partial charge on any atom is 0.416 e. The number of aryl methyl sites for hydroxylation is 1. The summed E-state index contributed by atoms with van der Waals surface area (Å²) < 4.78 is 51.4. The maximum absolute atomic E-state index is 13.2. The third-order valence-electron chi connectivity index (χ3n) is 2.99. The van der Waals surface area contributed by atoms with Crippen molar-refractivity contribution in [1.29, 1.82) is 0 Å². The molecule has 0 aromatic heterocycles. The van der Waals surface area contributed by atoms with E-state index in [1.54, 1.807) is 13.0 Å². The van der Waals surface area contributed by atoms with Crippen LogP contribution in [0.25, 0.3) is 0 Å². The highest BCUT2D eigenvalue weighted by Gasteiger charge is 2.31. The van der Waals surface area contributed by atoms with Gasteiger partial charge in [0.1, 0.15) is 5.82 Å². The highest BCUT2D eigenvalue weighted by molar-refractivity contribution is 7.80. The van der Waals surface area contributed by atoms with Gasteiger partial charge < -0.3 is 10.6 Å². The molecule has 0 aliphatic rings. The van der Waals surface area contributed by atoms with Crippen molar-refractivity contribution in [3.63, 3.8) is 0 Å². The molecule has 122 valence electrons. The van der Waals surface area contributed by atoms with Gasteiger partial charge in [-0.1, -0.05) is 17.7 Å². The predicted molar refractivity (Wildman–Crippen MR) is 87.4 cm³/mol. The van der Waals surface area contributed by atoms with E-state index in [9.17, 15) is 17.6 Å². The smallest absolute Gasteiger partial charge is 0.332 e. The van der Waals surface area contributed by atoms with E-state index in [1.165, 1.54) is 12.1 Å². The van der Waals surface area contributed by atoms with E-state index in [-0.39, 0.29) is 15.8 Å². The predicted octanol–water partition coefficient (Wildman–Crippen LogP) is 5.62. The molecule has 8 heteroatoms. The molecule has 0 saturated heterocycles. The number of thiocarbonyl (C=S) groups is 1. The first-order chi connectivity index (χ1) is 10.7. The molecule has 0 aliphatic heterocycles. The SMILES string of the molecule is Cc1ccc(F)cc1NC(=S)Nc1cc(C(F)(F)F)ccc1Cl. The minimum atomic E-state index is -4.49. The summed E-state index contributed by atoms with van der Waals surface area (Å²) in [7, 11) is 0. The lowest BCUT2D eigenvalue weighted by Gasteiger charge is -2.15. The van der Waals surface area contributed by atoms with E-state index in [4.69, 9.17) is 23.8 Å². The van der Waals surface area contributed by atoms with Crippen LogP contribution < -0.4 is 10.6 Å². The molecule has 2 rings (SSSR count). The number of nitrogens with one attached hydrogen (secondary N) is 2. The van der Waals surface area contributed by atoms with Gasteiger partial charge in [-0.15, -0.1) is 0 Å². The van der Waals surface area contributed by atoms with Crippen molar-refractivity contribution in [2.24, 2.45) is 0 Å². The standard InChI is InChI=1S/C15H11ClF4N2S/c1-8-2-4-10(17)7-12(8)21-14(23)22-13-6-9(15(18,19)20)3-5-11(13)16/h2-7H,1H3,(H2,21,22,23). The third kappa shape index (κ3) is 4.56. The number of benzene rings is 2. The molecule has 0 bridgehead atoms. The summed E-state index contributed by atoms with van der Waals surface area (Å²) in [4.78, 5) is 0. The number of alkyl halides is 3. The van der Waals surface area contributed by atoms with Crippen molar-refractivity contribution in [1.82, 2.24) is 0 Å². The van der Waals surface area contributed by atoms with Crippen LogP contribution in [0.15, 0.2) is 36.4 Å². The van der Waals surface area contributed by atoms with E-state index in [1.807, 2.05) is 0 Å². The van der Waals surface area contributed by atoms with Crippen molar-refractivity contribution >= 4 is 40.3 Å².